The molecule has 1 N–H and O–H groups in total. The van der Waals surface area contributed by atoms with Crippen molar-refractivity contribution in [1.82, 2.24) is 15.1 Å². The summed E-state index contributed by atoms with van der Waals surface area (Å²) in [7, 11) is 2.14. The van der Waals surface area contributed by atoms with Gasteiger partial charge in [0.1, 0.15) is 0 Å². The summed E-state index contributed by atoms with van der Waals surface area (Å²) >= 11 is 0. The average Bonchev–Trinajstić information content (AvgIpc) is 2.57. The first-order valence-electron chi connectivity index (χ1n) is 7.77. The van der Waals surface area contributed by atoms with Crippen LogP contribution in [-0.4, -0.2) is 54.2 Å². The van der Waals surface area contributed by atoms with Crippen molar-refractivity contribution in [3.05, 3.63) is 47.8 Å². The zero-order chi connectivity index (χ0) is 16.2. The lowest BCUT2D eigenvalue weighted by Gasteiger charge is -2.34. The van der Waals surface area contributed by atoms with Crippen LogP contribution < -0.4 is 10.2 Å². The predicted molar refractivity (Wildman–Crippen MR) is 90.9 cm³/mol. The molecule has 2 aromatic rings. The molecule has 0 spiro atoms. The van der Waals surface area contributed by atoms with Crippen LogP contribution in [0.15, 0.2) is 36.4 Å². The first-order valence-corrected chi connectivity index (χ1v) is 7.77. The maximum atomic E-state index is 12.1. The highest BCUT2D eigenvalue weighted by Crippen LogP contribution is 2.19. The number of rotatable bonds is 3. The minimum atomic E-state index is -0.246. The van der Waals surface area contributed by atoms with Gasteiger partial charge in [-0.2, -0.15) is 5.10 Å². The molecule has 1 aromatic heterocycles. The number of aromatic nitrogens is 2. The third kappa shape index (κ3) is 3.84. The number of aryl methyl sites for hydroxylation is 1. The average molecular weight is 311 g/mol. The van der Waals surface area contributed by atoms with Gasteiger partial charge < -0.3 is 15.1 Å². The van der Waals surface area contributed by atoms with Crippen LogP contribution in [0.2, 0.25) is 0 Å². The SMILES string of the molecule is Cc1ccc(C(=O)Nc2ccc(N3CCN(C)CC3)cc2)nn1. The molecule has 0 aliphatic carbocycles. The van der Waals surface area contributed by atoms with Crippen molar-refractivity contribution in [3.8, 4) is 0 Å². The fourth-order valence-corrected chi connectivity index (χ4v) is 2.54. The fourth-order valence-electron chi connectivity index (χ4n) is 2.54. The second-order valence-electron chi connectivity index (χ2n) is 5.85. The number of hydrogen-bond acceptors (Lipinski definition) is 5. The Labute approximate surface area is 136 Å². The van der Waals surface area contributed by atoms with Crippen LogP contribution in [0.3, 0.4) is 0 Å². The molecule has 1 amide bonds. The summed E-state index contributed by atoms with van der Waals surface area (Å²) in [6.45, 7) is 6.04. The van der Waals surface area contributed by atoms with E-state index in [1.165, 1.54) is 5.69 Å². The number of amides is 1. The maximum absolute atomic E-state index is 12.1. The van der Waals surface area contributed by atoms with Gasteiger partial charge in [0.15, 0.2) is 5.69 Å². The molecule has 2 heterocycles. The first kappa shape index (κ1) is 15.4. The number of carbonyl (C=O) groups excluding carboxylic acids is 1. The highest BCUT2D eigenvalue weighted by atomic mass is 16.1. The molecule has 3 rings (SSSR count). The van der Waals surface area contributed by atoms with Crippen LogP contribution in [0, 0.1) is 6.92 Å². The van der Waals surface area contributed by atoms with Gasteiger partial charge in [-0.25, -0.2) is 0 Å². The number of benzene rings is 1. The molecule has 6 nitrogen and oxygen atoms in total. The normalized spacial score (nSPS) is 15.5. The van der Waals surface area contributed by atoms with E-state index < -0.39 is 0 Å². The summed E-state index contributed by atoms with van der Waals surface area (Å²) < 4.78 is 0. The van der Waals surface area contributed by atoms with Crippen molar-refractivity contribution in [2.45, 2.75) is 6.92 Å². The standard InChI is InChI=1S/C17H21N5O/c1-13-3-8-16(20-19-13)17(23)18-14-4-6-15(7-5-14)22-11-9-21(2)10-12-22/h3-8H,9-12H2,1-2H3,(H,18,23). The van der Waals surface area contributed by atoms with Gasteiger partial charge in [0.2, 0.25) is 0 Å². The van der Waals surface area contributed by atoms with Gasteiger partial charge in [0, 0.05) is 37.6 Å². The number of hydrogen-bond donors (Lipinski definition) is 1. The second kappa shape index (κ2) is 6.75. The monoisotopic (exact) mass is 311 g/mol. The summed E-state index contributed by atoms with van der Waals surface area (Å²) in [5.74, 6) is -0.246. The van der Waals surface area contributed by atoms with E-state index in [-0.39, 0.29) is 5.91 Å². The predicted octanol–water partition coefficient (Wildman–Crippen LogP) is 1.79. The number of anilines is 2. The van der Waals surface area contributed by atoms with E-state index in [4.69, 9.17) is 0 Å². The molecule has 1 aromatic carbocycles. The molecule has 0 atom stereocenters. The molecule has 1 fully saturated rings. The molecule has 0 unspecified atom stereocenters. The molecule has 1 aliphatic rings. The van der Waals surface area contributed by atoms with E-state index in [0.717, 1.165) is 37.6 Å². The zero-order valence-electron chi connectivity index (χ0n) is 13.5. The third-order valence-electron chi connectivity index (χ3n) is 4.02. The Morgan fingerprint density at radius 3 is 2.30 bits per heavy atom. The van der Waals surface area contributed by atoms with Crippen molar-refractivity contribution in [2.24, 2.45) is 0 Å². The highest BCUT2D eigenvalue weighted by Gasteiger charge is 2.14. The van der Waals surface area contributed by atoms with E-state index in [0.29, 0.717) is 5.69 Å². The Hall–Kier alpha value is -2.47. The van der Waals surface area contributed by atoms with E-state index in [1.54, 1.807) is 12.1 Å². The summed E-state index contributed by atoms with van der Waals surface area (Å²) in [5, 5.41) is 10.6. The van der Waals surface area contributed by atoms with E-state index >= 15 is 0 Å². The van der Waals surface area contributed by atoms with Gasteiger partial charge in [0.05, 0.1) is 5.69 Å². The Morgan fingerprint density at radius 2 is 1.70 bits per heavy atom. The Morgan fingerprint density at radius 1 is 1.00 bits per heavy atom. The van der Waals surface area contributed by atoms with Crippen LogP contribution in [0.1, 0.15) is 16.2 Å². The lowest BCUT2D eigenvalue weighted by molar-refractivity contribution is 0.102. The van der Waals surface area contributed by atoms with Crippen molar-refractivity contribution in [3.63, 3.8) is 0 Å². The lowest BCUT2D eigenvalue weighted by atomic mass is 10.2. The number of carbonyl (C=O) groups is 1. The highest BCUT2D eigenvalue weighted by molar-refractivity contribution is 6.02. The molecule has 6 heteroatoms. The zero-order valence-corrected chi connectivity index (χ0v) is 13.5. The third-order valence-corrected chi connectivity index (χ3v) is 4.02. The van der Waals surface area contributed by atoms with Crippen LogP contribution in [0.25, 0.3) is 0 Å². The van der Waals surface area contributed by atoms with Crippen LogP contribution in [-0.2, 0) is 0 Å². The van der Waals surface area contributed by atoms with Crippen molar-refractivity contribution < 1.29 is 4.79 Å². The van der Waals surface area contributed by atoms with Crippen molar-refractivity contribution in [2.75, 3.05) is 43.4 Å². The van der Waals surface area contributed by atoms with Gasteiger partial charge in [-0.1, -0.05) is 0 Å². The van der Waals surface area contributed by atoms with E-state index in [2.05, 4.69) is 32.4 Å². The number of nitrogens with zero attached hydrogens (tertiary/aromatic N) is 4. The molecule has 1 aliphatic heterocycles. The Bertz CT molecular complexity index is 660. The van der Waals surface area contributed by atoms with Crippen LogP contribution >= 0.6 is 0 Å². The van der Waals surface area contributed by atoms with Gasteiger partial charge in [0.25, 0.3) is 5.91 Å². The first-order chi connectivity index (χ1) is 11.1. The van der Waals surface area contributed by atoms with E-state index in [9.17, 15) is 4.79 Å². The van der Waals surface area contributed by atoms with Gasteiger partial charge in [-0.05, 0) is 50.4 Å². The molecule has 0 bridgehead atoms. The number of nitrogens with one attached hydrogen (secondary N) is 1. The minimum absolute atomic E-state index is 0.246. The summed E-state index contributed by atoms with van der Waals surface area (Å²) in [6.07, 6.45) is 0. The Kier molecular flexibility index (Phi) is 4.52. The minimum Gasteiger partial charge on any atom is -0.369 e. The molecule has 120 valence electrons. The topological polar surface area (TPSA) is 61.4 Å². The number of likely N-dealkylation sites (N-methyl/N-ethyl adjacent to an activating group) is 1. The lowest BCUT2D eigenvalue weighted by Crippen LogP contribution is -2.44. The summed E-state index contributed by atoms with van der Waals surface area (Å²) in [5.41, 5.74) is 3.05. The van der Waals surface area contributed by atoms with Crippen molar-refractivity contribution in [1.29, 1.82) is 0 Å². The Balaban J connectivity index is 1.63. The molecule has 1 saturated heterocycles. The van der Waals surface area contributed by atoms with E-state index in [1.807, 2.05) is 31.2 Å². The number of piperazine rings is 1. The van der Waals surface area contributed by atoms with Gasteiger partial charge >= 0.3 is 0 Å². The quantitative estimate of drug-likeness (QED) is 0.936. The molecule has 0 radical (unpaired) electrons. The van der Waals surface area contributed by atoms with Gasteiger partial charge in [-0.15, -0.1) is 5.10 Å². The summed E-state index contributed by atoms with van der Waals surface area (Å²) in [4.78, 5) is 16.8. The maximum Gasteiger partial charge on any atom is 0.276 e. The van der Waals surface area contributed by atoms with Gasteiger partial charge in [-0.3, -0.25) is 4.79 Å². The smallest absolute Gasteiger partial charge is 0.276 e. The van der Waals surface area contributed by atoms with Crippen LogP contribution in [0.5, 0.6) is 0 Å². The molecule has 23 heavy (non-hydrogen) atoms. The second-order valence-corrected chi connectivity index (χ2v) is 5.85. The van der Waals surface area contributed by atoms with Crippen molar-refractivity contribution >= 4 is 17.3 Å². The molecular weight excluding hydrogens is 290 g/mol. The molecular formula is C17H21N5O. The largest absolute Gasteiger partial charge is 0.369 e. The van der Waals surface area contributed by atoms with Crippen LogP contribution in [0.4, 0.5) is 11.4 Å². The summed E-state index contributed by atoms with van der Waals surface area (Å²) in [6, 6.07) is 11.4. The molecule has 0 saturated carbocycles. The fraction of sp³-hybridized carbons (Fsp3) is 0.353.